The van der Waals surface area contributed by atoms with Crippen LogP contribution in [-0.4, -0.2) is 28.7 Å². The fraction of sp³-hybridized carbons (Fsp3) is 0.375. The molecule has 5 heteroatoms. The molecule has 1 N–H and O–H groups in total. The smallest absolute Gasteiger partial charge is 0.227 e. The number of carbonyl (C=O) groups excluding carboxylic acids is 1. The molecule has 0 aromatic carbocycles. The number of hydrogen-bond acceptors (Lipinski definition) is 3. The molecule has 5 nitrogen and oxygen atoms in total. The molecule has 1 aliphatic rings. The van der Waals surface area contributed by atoms with Gasteiger partial charge in [-0.3, -0.25) is 4.79 Å². The average Bonchev–Trinajstić information content (AvgIpc) is 3.04. The molecular formula is C16H19N3O2. The van der Waals surface area contributed by atoms with Gasteiger partial charge in [0.15, 0.2) is 0 Å². The number of rotatable bonds is 4. The molecule has 0 unspecified atom stereocenters. The van der Waals surface area contributed by atoms with Crippen LogP contribution in [-0.2, 0) is 15.1 Å². The molecule has 1 fully saturated rings. The number of amides is 1. The first-order valence-electron chi connectivity index (χ1n) is 7.21. The Kier molecular flexibility index (Phi) is 4.01. The van der Waals surface area contributed by atoms with Gasteiger partial charge in [0, 0.05) is 31.8 Å². The molecule has 3 heterocycles. The summed E-state index contributed by atoms with van der Waals surface area (Å²) in [4.78, 5) is 16.5. The van der Waals surface area contributed by atoms with Gasteiger partial charge >= 0.3 is 0 Å². The van der Waals surface area contributed by atoms with E-state index in [2.05, 4.69) is 14.9 Å². The highest BCUT2D eigenvalue weighted by atomic mass is 16.5. The van der Waals surface area contributed by atoms with Gasteiger partial charge in [0.2, 0.25) is 5.91 Å². The predicted octanol–water partition coefficient (Wildman–Crippen LogP) is 2.42. The topological polar surface area (TPSA) is 56.1 Å². The lowest BCUT2D eigenvalue weighted by Crippen LogP contribution is -2.42. The lowest BCUT2D eigenvalue weighted by molar-refractivity contribution is -0.119. The van der Waals surface area contributed by atoms with Gasteiger partial charge in [-0.05, 0) is 37.1 Å². The Bertz CT molecular complexity index is 575. The van der Waals surface area contributed by atoms with E-state index in [1.165, 1.54) is 0 Å². The van der Waals surface area contributed by atoms with Crippen molar-refractivity contribution in [3.63, 3.8) is 0 Å². The molecule has 0 radical (unpaired) electrons. The van der Waals surface area contributed by atoms with Crippen molar-refractivity contribution in [3.05, 3.63) is 48.9 Å². The SMILES string of the molecule is O=C(CC1(n2cccc2)CCOCC1)Nc1ccccn1. The van der Waals surface area contributed by atoms with Crippen molar-refractivity contribution in [2.75, 3.05) is 18.5 Å². The second-order valence-corrected chi connectivity index (χ2v) is 5.37. The van der Waals surface area contributed by atoms with Crippen molar-refractivity contribution in [3.8, 4) is 0 Å². The molecule has 0 saturated carbocycles. The first-order chi connectivity index (χ1) is 10.3. The minimum atomic E-state index is -0.194. The van der Waals surface area contributed by atoms with Gasteiger partial charge in [-0.1, -0.05) is 6.07 Å². The van der Waals surface area contributed by atoms with Crippen molar-refractivity contribution in [2.24, 2.45) is 0 Å². The first-order valence-corrected chi connectivity index (χ1v) is 7.21. The fourth-order valence-corrected chi connectivity index (χ4v) is 2.85. The lowest BCUT2D eigenvalue weighted by Gasteiger charge is -2.38. The van der Waals surface area contributed by atoms with Crippen LogP contribution in [0.5, 0.6) is 0 Å². The number of carbonyl (C=O) groups is 1. The van der Waals surface area contributed by atoms with Crippen LogP contribution >= 0.6 is 0 Å². The van der Waals surface area contributed by atoms with E-state index < -0.39 is 0 Å². The molecular weight excluding hydrogens is 266 g/mol. The predicted molar refractivity (Wildman–Crippen MR) is 79.9 cm³/mol. The van der Waals surface area contributed by atoms with Crippen molar-refractivity contribution in [2.45, 2.75) is 24.8 Å². The average molecular weight is 285 g/mol. The minimum Gasteiger partial charge on any atom is -0.381 e. The maximum atomic E-state index is 12.4. The zero-order valence-corrected chi connectivity index (χ0v) is 11.9. The number of nitrogens with one attached hydrogen (secondary N) is 1. The summed E-state index contributed by atoms with van der Waals surface area (Å²) in [6.45, 7) is 1.38. The Morgan fingerprint density at radius 2 is 2.00 bits per heavy atom. The Morgan fingerprint density at radius 3 is 2.67 bits per heavy atom. The summed E-state index contributed by atoms with van der Waals surface area (Å²) in [6.07, 6.45) is 7.85. The van der Waals surface area contributed by atoms with Crippen molar-refractivity contribution in [1.29, 1.82) is 0 Å². The quantitative estimate of drug-likeness (QED) is 0.938. The van der Waals surface area contributed by atoms with E-state index >= 15 is 0 Å². The van der Waals surface area contributed by atoms with Gasteiger partial charge in [-0.25, -0.2) is 4.98 Å². The maximum absolute atomic E-state index is 12.4. The van der Waals surface area contributed by atoms with E-state index in [-0.39, 0.29) is 11.4 Å². The Hall–Kier alpha value is -2.14. The third-order valence-electron chi connectivity index (χ3n) is 4.00. The van der Waals surface area contributed by atoms with Gasteiger partial charge < -0.3 is 14.6 Å². The standard InChI is InChI=1S/C16H19N3O2/c20-15(18-14-5-1-2-8-17-14)13-16(6-11-21-12-7-16)19-9-3-4-10-19/h1-5,8-10H,6-7,11-13H2,(H,17,18,20). The molecule has 1 aliphatic heterocycles. The highest BCUT2D eigenvalue weighted by Crippen LogP contribution is 2.33. The Morgan fingerprint density at radius 1 is 1.24 bits per heavy atom. The monoisotopic (exact) mass is 285 g/mol. The van der Waals surface area contributed by atoms with E-state index in [1.54, 1.807) is 12.3 Å². The van der Waals surface area contributed by atoms with Crippen molar-refractivity contribution >= 4 is 11.7 Å². The van der Waals surface area contributed by atoms with Crippen LogP contribution in [0.4, 0.5) is 5.82 Å². The van der Waals surface area contributed by atoms with Crippen molar-refractivity contribution < 1.29 is 9.53 Å². The summed E-state index contributed by atoms with van der Waals surface area (Å²) >= 11 is 0. The molecule has 1 saturated heterocycles. The van der Waals surface area contributed by atoms with Crippen LogP contribution in [0.1, 0.15) is 19.3 Å². The van der Waals surface area contributed by atoms with Crippen LogP contribution in [0.25, 0.3) is 0 Å². The molecule has 110 valence electrons. The van der Waals surface area contributed by atoms with Gasteiger partial charge in [0.25, 0.3) is 0 Å². The summed E-state index contributed by atoms with van der Waals surface area (Å²) in [5.74, 6) is 0.585. The second-order valence-electron chi connectivity index (χ2n) is 5.37. The number of pyridine rings is 1. The third kappa shape index (κ3) is 3.13. The maximum Gasteiger partial charge on any atom is 0.227 e. The molecule has 0 spiro atoms. The Labute approximate surface area is 124 Å². The van der Waals surface area contributed by atoms with E-state index in [9.17, 15) is 4.79 Å². The third-order valence-corrected chi connectivity index (χ3v) is 4.00. The minimum absolute atomic E-state index is 0.00991. The van der Waals surface area contributed by atoms with E-state index in [4.69, 9.17) is 4.74 Å². The molecule has 2 aromatic rings. The Balaban J connectivity index is 1.74. The zero-order chi connectivity index (χ0) is 14.5. The first kappa shape index (κ1) is 13.8. The number of hydrogen-bond donors (Lipinski definition) is 1. The van der Waals surface area contributed by atoms with E-state index in [1.807, 2.05) is 36.7 Å². The number of nitrogens with zero attached hydrogens (tertiary/aromatic N) is 2. The number of aromatic nitrogens is 2. The van der Waals surface area contributed by atoms with Crippen LogP contribution < -0.4 is 5.32 Å². The summed E-state index contributed by atoms with van der Waals surface area (Å²) < 4.78 is 7.61. The number of anilines is 1. The summed E-state index contributed by atoms with van der Waals surface area (Å²) in [5, 5.41) is 2.87. The fourth-order valence-electron chi connectivity index (χ4n) is 2.85. The highest BCUT2D eigenvalue weighted by molar-refractivity contribution is 5.90. The summed E-state index contributed by atoms with van der Waals surface area (Å²) in [6, 6.07) is 9.47. The molecule has 21 heavy (non-hydrogen) atoms. The highest BCUT2D eigenvalue weighted by Gasteiger charge is 2.36. The van der Waals surface area contributed by atoms with E-state index in [0.717, 1.165) is 12.8 Å². The number of ether oxygens (including phenoxy) is 1. The van der Waals surface area contributed by atoms with Gasteiger partial charge in [0.05, 0.1) is 12.0 Å². The van der Waals surface area contributed by atoms with Crippen molar-refractivity contribution in [1.82, 2.24) is 9.55 Å². The van der Waals surface area contributed by atoms with Gasteiger partial charge in [0.1, 0.15) is 5.82 Å². The summed E-state index contributed by atoms with van der Waals surface area (Å²) in [7, 11) is 0. The molecule has 1 amide bonds. The van der Waals surface area contributed by atoms with Gasteiger partial charge in [-0.15, -0.1) is 0 Å². The summed E-state index contributed by atoms with van der Waals surface area (Å²) in [5.41, 5.74) is -0.194. The van der Waals surface area contributed by atoms with Crippen LogP contribution in [0, 0.1) is 0 Å². The van der Waals surface area contributed by atoms with E-state index in [0.29, 0.717) is 25.5 Å². The second kappa shape index (κ2) is 6.10. The van der Waals surface area contributed by atoms with Gasteiger partial charge in [-0.2, -0.15) is 0 Å². The molecule has 0 aliphatic carbocycles. The van der Waals surface area contributed by atoms with Crippen LogP contribution in [0.2, 0.25) is 0 Å². The molecule has 3 rings (SSSR count). The zero-order valence-electron chi connectivity index (χ0n) is 11.9. The normalized spacial score (nSPS) is 17.3. The largest absolute Gasteiger partial charge is 0.381 e. The van der Waals surface area contributed by atoms with Crippen LogP contribution in [0.15, 0.2) is 48.9 Å². The molecule has 0 bridgehead atoms. The molecule has 0 atom stereocenters. The lowest BCUT2D eigenvalue weighted by atomic mass is 9.86. The molecule has 2 aromatic heterocycles. The van der Waals surface area contributed by atoms with Crippen LogP contribution in [0.3, 0.4) is 0 Å².